The van der Waals surface area contributed by atoms with Gasteiger partial charge < -0.3 is 0 Å². The van der Waals surface area contributed by atoms with Crippen LogP contribution in [0, 0.1) is 11.8 Å². The molecule has 0 heterocycles. The molecule has 3 heteroatoms. The molecule has 0 amide bonds. The molecule has 0 radical (unpaired) electrons. The van der Waals surface area contributed by atoms with Gasteiger partial charge in [-0.1, -0.05) is 72.9 Å². The van der Waals surface area contributed by atoms with Crippen LogP contribution in [-0.4, -0.2) is 0 Å². The van der Waals surface area contributed by atoms with Crippen LogP contribution in [0.15, 0.2) is 48.5 Å². The second-order valence-electron chi connectivity index (χ2n) is 6.42. The zero-order valence-electron chi connectivity index (χ0n) is 13.2. The molecule has 120 valence electrons. The summed E-state index contributed by atoms with van der Waals surface area (Å²) in [6.07, 6.45) is 3.47. The number of rotatable bonds is 2. The minimum Gasteiger partial charge on any atom is -0.0843 e. The molecule has 3 unspecified atom stereocenters. The standard InChI is InChI=1S/C20H19Cl3/c1-12-9-18(14-3-5-15(21)6-4-14)19(10-13(12)2)17-8-7-16(22)11-20(17)23/h3-8,10-13,18H,9H2,1-2H3. The SMILES string of the molecule is CC1C=C(c2ccc(Cl)cc2Cl)C(c2ccc(Cl)cc2)CC1C. The van der Waals surface area contributed by atoms with E-state index in [2.05, 4.69) is 32.1 Å². The fourth-order valence-corrected chi connectivity index (χ4v) is 3.93. The highest BCUT2D eigenvalue weighted by Gasteiger charge is 2.29. The summed E-state index contributed by atoms with van der Waals surface area (Å²) in [7, 11) is 0. The van der Waals surface area contributed by atoms with Gasteiger partial charge in [0.25, 0.3) is 0 Å². The molecule has 1 aliphatic carbocycles. The maximum absolute atomic E-state index is 6.48. The first-order chi connectivity index (χ1) is 11.0. The van der Waals surface area contributed by atoms with Crippen molar-refractivity contribution in [1.82, 2.24) is 0 Å². The first-order valence-corrected chi connectivity index (χ1v) is 9.01. The number of hydrogen-bond donors (Lipinski definition) is 0. The fourth-order valence-electron chi connectivity index (χ4n) is 3.29. The van der Waals surface area contributed by atoms with Crippen LogP contribution in [-0.2, 0) is 0 Å². The van der Waals surface area contributed by atoms with Gasteiger partial charge >= 0.3 is 0 Å². The van der Waals surface area contributed by atoms with E-state index < -0.39 is 0 Å². The maximum Gasteiger partial charge on any atom is 0.0496 e. The van der Waals surface area contributed by atoms with Gasteiger partial charge in [0, 0.05) is 21.0 Å². The van der Waals surface area contributed by atoms with Crippen molar-refractivity contribution in [2.45, 2.75) is 26.2 Å². The molecule has 0 N–H and O–H groups in total. The molecule has 1 aliphatic rings. The van der Waals surface area contributed by atoms with Crippen LogP contribution >= 0.6 is 34.8 Å². The van der Waals surface area contributed by atoms with Crippen LogP contribution in [0.2, 0.25) is 15.1 Å². The van der Waals surface area contributed by atoms with Crippen molar-refractivity contribution in [1.29, 1.82) is 0 Å². The quantitative estimate of drug-likeness (QED) is 0.517. The third-order valence-electron chi connectivity index (χ3n) is 4.84. The lowest BCUT2D eigenvalue weighted by Crippen LogP contribution is -2.18. The van der Waals surface area contributed by atoms with E-state index in [1.807, 2.05) is 30.3 Å². The summed E-state index contributed by atoms with van der Waals surface area (Å²) in [6, 6.07) is 13.9. The Morgan fingerprint density at radius 3 is 2.17 bits per heavy atom. The topological polar surface area (TPSA) is 0 Å². The molecular weight excluding hydrogens is 347 g/mol. The van der Waals surface area contributed by atoms with Crippen molar-refractivity contribution < 1.29 is 0 Å². The number of halogens is 3. The van der Waals surface area contributed by atoms with Crippen LogP contribution in [0.25, 0.3) is 5.57 Å². The predicted octanol–water partition coefficient (Wildman–Crippen LogP) is 7.49. The second-order valence-corrected chi connectivity index (χ2v) is 7.70. The molecule has 0 aliphatic heterocycles. The molecule has 2 aromatic carbocycles. The number of hydrogen-bond acceptors (Lipinski definition) is 0. The summed E-state index contributed by atoms with van der Waals surface area (Å²) < 4.78 is 0. The summed E-state index contributed by atoms with van der Waals surface area (Å²) in [5, 5.41) is 2.14. The van der Waals surface area contributed by atoms with E-state index in [1.165, 1.54) is 11.1 Å². The van der Waals surface area contributed by atoms with Crippen LogP contribution in [0.4, 0.5) is 0 Å². The summed E-state index contributed by atoms with van der Waals surface area (Å²) in [5.41, 5.74) is 3.65. The third kappa shape index (κ3) is 3.60. The normalized spacial score (nSPS) is 24.4. The molecule has 0 bridgehead atoms. The smallest absolute Gasteiger partial charge is 0.0496 e. The highest BCUT2D eigenvalue weighted by molar-refractivity contribution is 6.35. The Kier molecular flexibility index (Phi) is 5.06. The van der Waals surface area contributed by atoms with E-state index in [1.54, 1.807) is 0 Å². The van der Waals surface area contributed by atoms with E-state index >= 15 is 0 Å². The van der Waals surface area contributed by atoms with Crippen LogP contribution in [0.3, 0.4) is 0 Å². The van der Waals surface area contributed by atoms with Crippen molar-refractivity contribution in [3.63, 3.8) is 0 Å². The molecule has 0 saturated carbocycles. The second kappa shape index (κ2) is 6.89. The Bertz CT molecular complexity index is 731. The summed E-state index contributed by atoms with van der Waals surface area (Å²) in [6.45, 7) is 4.58. The van der Waals surface area contributed by atoms with Gasteiger partial charge in [-0.3, -0.25) is 0 Å². The van der Waals surface area contributed by atoms with E-state index in [-0.39, 0.29) is 0 Å². The predicted molar refractivity (Wildman–Crippen MR) is 102 cm³/mol. The first-order valence-electron chi connectivity index (χ1n) is 7.88. The molecule has 23 heavy (non-hydrogen) atoms. The van der Waals surface area contributed by atoms with Gasteiger partial charge in [0.1, 0.15) is 0 Å². The van der Waals surface area contributed by atoms with E-state index in [0.29, 0.717) is 27.8 Å². The molecule has 0 fully saturated rings. The lowest BCUT2D eigenvalue weighted by molar-refractivity contribution is 0.397. The Morgan fingerprint density at radius 2 is 1.52 bits per heavy atom. The average Bonchev–Trinajstić information content (AvgIpc) is 2.51. The van der Waals surface area contributed by atoms with Gasteiger partial charge in [-0.2, -0.15) is 0 Å². The van der Waals surface area contributed by atoms with Crippen molar-refractivity contribution in [3.05, 3.63) is 74.7 Å². The summed E-state index contributed by atoms with van der Waals surface area (Å²) >= 11 is 18.6. The Balaban J connectivity index is 2.09. The highest BCUT2D eigenvalue weighted by Crippen LogP contribution is 2.46. The monoisotopic (exact) mass is 364 g/mol. The highest BCUT2D eigenvalue weighted by atomic mass is 35.5. The van der Waals surface area contributed by atoms with Gasteiger partial charge in [-0.25, -0.2) is 0 Å². The van der Waals surface area contributed by atoms with E-state index in [9.17, 15) is 0 Å². The van der Waals surface area contributed by atoms with Gasteiger partial charge in [0.15, 0.2) is 0 Å². The molecular formula is C20H19Cl3. The Morgan fingerprint density at radius 1 is 0.870 bits per heavy atom. The third-order valence-corrected chi connectivity index (χ3v) is 5.64. The van der Waals surface area contributed by atoms with Crippen LogP contribution in [0.1, 0.15) is 37.3 Å². The van der Waals surface area contributed by atoms with Crippen molar-refractivity contribution >= 4 is 40.4 Å². The largest absolute Gasteiger partial charge is 0.0843 e. The fraction of sp³-hybridized carbons (Fsp3) is 0.300. The molecule has 3 rings (SSSR count). The van der Waals surface area contributed by atoms with E-state index in [4.69, 9.17) is 34.8 Å². The van der Waals surface area contributed by atoms with E-state index in [0.717, 1.165) is 17.0 Å². The van der Waals surface area contributed by atoms with Crippen molar-refractivity contribution in [2.75, 3.05) is 0 Å². The van der Waals surface area contributed by atoms with Crippen molar-refractivity contribution in [3.8, 4) is 0 Å². The number of allylic oxidation sites excluding steroid dienone is 2. The van der Waals surface area contributed by atoms with Crippen molar-refractivity contribution in [2.24, 2.45) is 11.8 Å². The summed E-state index contributed by atoms with van der Waals surface area (Å²) in [5.74, 6) is 1.49. The van der Waals surface area contributed by atoms with Crippen LogP contribution < -0.4 is 0 Å². The lowest BCUT2D eigenvalue weighted by Gasteiger charge is -2.33. The Hall–Kier alpha value is -0.950. The summed E-state index contributed by atoms with van der Waals surface area (Å²) in [4.78, 5) is 0. The minimum atomic E-state index is 0.331. The lowest BCUT2D eigenvalue weighted by atomic mass is 9.72. The molecule has 0 nitrogen and oxygen atoms in total. The minimum absolute atomic E-state index is 0.331. The molecule has 2 aromatic rings. The Labute approximate surface area is 153 Å². The zero-order valence-corrected chi connectivity index (χ0v) is 15.5. The first kappa shape index (κ1) is 16.9. The van der Waals surface area contributed by atoms with Gasteiger partial charge in [-0.15, -0.1) is 0 Å². The molecule has 0 spiro atoms. The number of benzene rings is 2. The van der Waals surface area contributed by atoms with Crippen LogP contribution in [0.5, 0.6) is 0 Å². The van der Waals surface area contributed by atoms with Gasteiger partial charge in [-0.05, 0) is 59.2 Å². The zero-order chi connectivity index (χ0) is 16.6. The van der Waals surface area contributed by atoms with Gasteiger partial charge in [0.05, 0.1) is 0 Å². The molecule has 3 atom stereocenters. The van der Waals surface area contributed by atoms with Gasteiger partial charge in [0.2, 0.25) is 0 Å². The molecule has 0 aromatic heterocycles. The average molecular weight is 366 g/mol. The maximum atomic E-state index is 6.48. The molecule has 0 saturated heterocycles.